The Morgan fingerprint density at radius 3 is 2.59 bits per heavy atom. The van der Waals surface area contributed by atoms with E-state index in [9.17, 15) is 13.2 Å². The average molecular weight is 283 g/mol. The first-order valence-corrected chi connectivity index (χ1v) is 7.89. The Labute approximate surface area is 108 Å². The molecule has 1 amide bonds. The SMILES string of the molecule is CN(CC(=O)NC1CC1)S(=O)(=O)CCCCCl. The van der Waals surface area contributed by atoms with Crippen LogP contribution in [-0.4, -0.2) is 49.9 Å². The van der Waals surface area contributed by atoms with E-state index in [0.29, 0.717) is 18.7 Å². The summed E-state index contributed by atoms with van der Waals surface area (Å²) >= 11 is 5.49. The van der Waals surface area contributed by atoms with Crippen molar-refractivity contribution in [3.63, 3.8) is 0 Å². The highest BCUT2D eigenvalue weighted by Crippen LogP contribution is 2.18. The van der Waals surface area contributed by atoms with Crippen LogP contribution in [0.3, 0.4) is 0 Å². The van der Waals surface area contributed by atoms with Gasteiger partial charge in [-0.2, -0.15) is 4.31 Å². The molecule has 100 valence electrons. The third-order valence-corrected chi connectivity index (χ3v) is 4.72. The zero-order valence-electron chi connectivity index (χ0n) is 9.99. The molecule has 0 bridgehead atoms. The maximum Gasteiger partial charge on any atom is 0.235 e. The van der Waals surface area contributed by atoms with E-state index < -0.39 is 10.0 Å². The Bertz CT molecular complexity index is 355. The molecule has 1 N–H and O–H groups in total. The van der Waals surface area contributed by atoms with Gasteiger partial charge in [-0.25, -0.2) is 8.42 Å². The normalized spacial score (nSPS) is 16.2. The number of nitrogens with zero attached hydrogens (tertiary/aromatic N) is 1. The number of amides is 1. The molecule has 0 aromatic rings. The fourth-order valence-corrected chi connectivity index (χ4v) is 2.72. The van der Waals surface area contributed by atoms with Gasteiger partial charge in [-0.3, -0.25) is 4.79 Å². The number of hydrogen-bond donors (Lipinski definition) is 1. The highest BCUT2D eigenvalue weighted by molar-refractivity contribution is 7.89. The first-order chi connectivity index (χ1) is 7.95. The zero-order valence-corrected chi connectivity index (χ0v) is 11.6. The molecule has 0 unspecified atom stereocenters. The van der Waals surface area contributed by atoms with Gasteiger partial charge in [-0.05, 0) is 25.7 Å². The number of likely N-dealkylation sites (N-methyl/N-ethyl adjacent to an activating group) is 1. The summed E-state index contributed by atoms with van der Waals surface area (Å²) in [6.07, 6.45) is 3.19. The minimum Gasteiger partial charge on any atom is -0.352 e. The van der Waals surface area contributed by atoms with Crippen molar-refractivity contribution in [1.29, 1.82) is 0 Å². The molecule has 1 saturated carbocycles. The predicted octanol–water partition coefficient (Wildman–Crippen LogP) is 0.546. The highest BCUT2D eigenvalue weighted by atomic mass is 35.5. The molecule has 1 rings (SSSR count). The molecule has 0 saturated heterocycles. The molecule has 0 heterocycles. The highest BCUT2D eigenvalue weighted by Gasteiger charge is 2.25. The molecule has 5 nitrogen and oxygen atoms in total. The monoisotopic (exact) mass is 282 g/mol. The van der Waals surface area contributed by atoms with E-state index in [2.05, 4.69) is 5.32 Å². The van der Waals surface area contributed by atoms with Crippen LogP contribution in [-0.2, 0) is 14.8 Å². The number of carbonyl (C=O) groups excluding carboxylic acids is 1. The van der Waals surface area contributed by atoms with E-state index in [1.54, 1.807) is 0 Å². The molecule has 0 spiro atoms. The minimum absolute atomic E-state index is 0.0485. The van der Waals surface area contributed by atoms with E-state index in [0.717, 1.165) is 17.1 Å². The van der Waals surface area contributed by atoms with Gasteiger partial charge < -0.3 is 5.32 Å². The van der Waals surface area contributed by atoms with Crippen LogP contribution in [0.4, 0.5) is 0 Å². The molecular formula is C10H19ClN2O3S. The van der Waals surface area contributed by atoms with Crippen LogP contribution >= 0.6 is 11.6 Å². The largest absolute Gasteiger partial charge is 0.352 e. The summed E-state index contributed by atoms with van der Waals surface area (Å²) < 4.78 is 24.6. The minimum atomic E-state index is -3.33. The fraction of sp³-hybridized carbons (Fsp3) is 0.900. The van der Waals surface area contributed by atoms with Crippen molar-refractivity contribution in [2.75, 3.05) is 25.2 Å². The lowest BCUT2D eigenvalue weighted by atomic mass is 10.4. The molecule has 0 aliphatic heterocycles. The Morgan fingerprint density at radius 2 is 2.06 bits per heavy atom. The van der Waals surface area contributed by atoms with Gasteiger partial charge in [-0.15, -0.1) is 11.6 Å². The lowest BCUT2D eigenvalue weighted by Gasteiger charge is -2.16. The second-order valence-electron chi connectivity index (χ2n) is 4.31. The van der Waals surface area contributed by atoms with Gasteiger partial charge in [0.1, 0.15) is 0 Å². The summed E-state index contributed by atoms with van der Waals surface area (Å²) in [7, 11) is -1.90. The van der Waals surface area contributed by atoms with Crippen LogP contribution < -0.4 is 5.32 Å². The van der Waals surface area contributed by atoms with Crippen molar-refractivity contribution >= 4 is 27.5 Å². The number of carbonyl (C=O) groups is 1. The van der Waals surface area contributed by atoms with Crippen molar-refractivity contribution in [3.05, 3.63) is 0 Å². The molecule has 17 heavy (non-hydrogen) atoms. The number of hydrogen-bond acceptors (Lipinski definition) is 3. The van der Waals surface area contributed by atoms with Crippen molar-refractivity contribution in [1.82, 2.24) is 9.62 Å². The van der Waals surface area contributed by atoms with Crippen LogP contribution in [0.1, 0.15) is 25.7 Å². The maximum absolute atomic E-state index is 11.7. The van der Waals surface area contributed by atoms with Crippen LogP contribution in [0.25, 0.3) is 0 Å². The van der Waals surface area contributed by atoms with E-state index in [4.69, 9.17) is 11.6 Å². The Kier molecular flexibility index (Phi) is 5.69. The molecule has 1 aliphatic carbocycles. The zero-order chi connectivity index (χ0) is 12.9. The van der Waals surface area contributed by atoms with Crippen molar-refractivity contribution in [3.8, 4) is 0 Å². The summed E-state index contributed by atoms with van der Waals surface area (Å²) in [4.78, 5) is 11.4. The molecule has 0 atom stereocenters. The van der Waals surface area contributed by atoms with Crippen molar-refractivity contribution in [2.24, 2.45) is 0 Å². The van der Waals surface area contributed by atoms with Crippen LogP contribution in [0.2, 0.25) is 0 Å². The van der Waals surface area contributed by atoms with Crippen molar-refractivity contribution in [2.45, 2.75) is 31.7 Å². The number of rotatable bonds is 8. The van der Waals surface area contributed by atoms with E-state index >= 15 is 0 Å². The Hall–Kier alpha value is -0.330. The van der Waals surface area contributed by atoms with Gasteiger partial charge in [-0.1, -0.05) is 0 Å². The van der Waals surface area contributed by atoms with Gasteiger partial charge in [0.25, 0.3) is 0 Å². The molecule has 0 radical (unpaired) electrons. The van der Waals surface area contributed by atoms with Crippen LogP contribution in [0, 0.1) is 0 Å². The van der Waals surface area contributed by atoms with E-state index in [1.807, 2.05) is 0 Å². The predicted molar refractivity (Wildman–Crippen MR) is 67.5 cm³/mol. The number of nitrogens with one attached hydrogen (secondary N) is 1. The molecular weight excluding hydrogens is 264 g/mol. The molecule has 1 fully saturated rings. The third kappa shape index (κ3) is 5.70. The average Bonchev–Trinajstić information content (AvgIpc) is 3.01. The summed E-state index contributed by atoms with van der Waals surface area (Å²) in [6.45, 7) is -0.0975. The van der Waals surface area contributed by atoms with Gasteiger partial charge in [0.15, 0.2) is 0 Å². The van der Waals surface area contributed by atoms with Crippen LogP contribution in [0.15, 0.2) is 0 Å². The van der Waals surface area contributed by atoms with Gasteiger partial charge in [0.05, 0.1) is 12.3 Å². The molecule has 1 aliphatic rings. The quantitative estimate of drug-likeness (QED) is 0.522. The molecule has 0 aromatic heterocycles. The number of sulfonamides is 1. The molecule has 0 aromatic carbocycles. The first kappa shape index (κ1) is 14.7. The lowest BCUT2D eigenvalue weighted by molar-refractivity contribution is -0.121. The van der Waals surface area contributed by atoms with E-state index in [1.165, 1.54) is 7.05 Å². The third-order valence-electron chi connectivity index (χ3n) is 2.57. The van der Waals surface area contributed by atoms with Gasteiger partial charge in [0, 0.05) is 19.0 Å². The summed E-state index contributed by atoms with van der Waals surface area (Å²) in [5, 5.41) is 2.76. The lowest BCUT2D eigenvalue weighted by Crippen LogP contribution is -2.40. The number of alkyl halides is 1. The first-order valence-electron chi connectivity index (χ1n) is 5.75. The second-order valence-corrected chi connectivity index (χ2v) is 6.88. The molecule has 7 heteroatoms. The van der Waals surface area contributed by atoms with Crippen LogP contribution in [0.5, 0.6) is 0 Å². The fourth-order valence-electron chi connectivity index (χ4n) is 1.34. The topological polar surface area (TPSA) is 66.5 Å². The Balaban J connectivity index is 2.32. The second kappa shape index (κ2) is 6.56. The number of unbranched alkanes of at least 4 members (excludes halogenated alkanes) is 1. The summed E-state index contributed by atoms with van der Waals surface area (Å²) in [6, 6.07) is 0.259. The van der Waals surface area contributed by atoms with E-state index in [-0.39, 0.29) is 24.2 Å². The maximum atomic E-state index is 11.7. The standard InChI is InChI=1S/C10H19ClN2O3S/c1-13(8-10(14)12-9-4-5-9)17(15,16)7-3-2-6-11/h9H,2-8H2,1H3,(H,12,14). The van der Waals surface area contributed by atoms with Crippen molar-refractivity contribution < 1.29 is 13.2 Å². The van der Waals surface area contributed by atoms with Gasteiger partial charge >= 0.3 is 0 Å². The van der Waals surface area contributed by atoms with Gasteiger partial charge in [0.2, 0.25) is 15.9 Å². The Morgan fingerprint density at radius 1 is 1.41 bits per heavy atom. The smallest absolute Gasteiger partial charge is 0.235 e. The number of halogens is 1. The summed E-state index contributed by atoms with van der Waals surface area (Å²) in [5.74, 6) is 0.282. The summed E-state index contributed by atoms with van der Waals surface area (Å²) in [5.41, 5.74) is 0.